The van der Waals surface area contributed by atoms with Gasteiger partial charge < -0.3 is 5.32 Å². The van der Waals surface area contributed by atoms with E-state index >= 15 is 0 Å². The molecule has 0 aliphatic rings. The number of aromatic nitrogens is 3. The highest BCUT2D eigenvalue weighted by Gasteiger charge is 2.16. The third-order valence-electron chi connectivity index (χ3n) is 3.91. The summed E-state index contributed by atoms with van der Waals surface area (Å²) in [5.74, 6) is -1.76. The van der Waals surface area contributed by atoms with Crippen LogP contribution >= 0.6 is 11.8 Å². The molecule has 0 saturated heterocycles. The quantitative estimate of drug-likeness (QED) is 0.587. The number of halogens is 3. The largest absolute Gasteiger partial charge is 0.353 e. The molecule has 1 unspecified atom stereocenters. The standard InChI is InChI=1S/C19H17F3N4OS/c1-11(9-13-15(21)7-4-8-16(13)22)23-17(27)10-28-19-24-18(25-26-19)12-5-2-3-6-14(12)20/h2-8,11H,9-10H2,1H3,(H,23,27)(H,24,25,26). The molecule has 2 aromatic carbocycles. The number of thioether (sulfide) groups is 1. The highest BCUT2D eigenvalue weighted by atomic mass is 32.2. The fourth-order valence-corrected chi connectivity index (χ4v) is 3.23. The van der Waals surface area contributed by atoms with Crippen molar-refractivity contribution >= 4 is 17.7 Å². The van der Waals surface area contributed by atoms with Gasteiger partial charge in [-0.05, 0) is 37.6 Å². The van der Waals surface area contributed by atoms with Crippen LogP contribution in [0.1, 0.15) is 12.5 Å². The Morgan fingerprint density at radius 1 is 1.11 bits per heavy atom. The Morgan fingerprint density at radius 2 is 1.79 bits per heavy atom. The van der Waals surface area contributed by atoms with Gasteiger partial charge in [0.05, 0.1) is 11.3 Å². The van der Waals surface area contributed by atoms with Crippen LogP contribution < -0.4 is 5.32 Å². The zero-order valence-corrected chi connectivity index (χ0v) is 15.7. The molecule has 0 radical (unpaired) electrons. The predicted molar refractivity (Wildman–Crippen MR) is 100 cm³/mol. The van der Waals surface area contributed by atoms with Crippen LogP contribution in [0.25, 0.3) is 11.4 Å². The van der Waals surface area contributed by atoms with Crippen molar-refractivity contribution < 1.29 is 18.0 Å². The van der Waals surface area contributed by atoms with Gasteiger partial charge in [-0.25, -0.2) is 18.2 Å². The zero-order valence-electron chi connectivity index (χ0n) is 14.9. The van der Waals surface area contributed by atoms with Crippen LogP contribution in [0.3, 0.4) is 0 Å². The molecule has 0 aliphatic heterocycles. The SMILES string of the molecule is CC(Cc1c(F)cccc1F)NC(=O)CSc1n[nH]c(-c2ccccc2F)n1. The van der Waals surface area contributed by atoms with Gasteiger partial charge in [-0.15, -0.1) is 5.10 Å². The smallest absolute Gasteiger partial charge is 0.230 e. The van der Waals surface area contributed by atoms with Crippen LogP contribution in [-0.2, 0) is 11.2 Å². The summed E-state index contributed by atoms with van der Waals surface area (Å²) in [5.41, 5.74) is 0.221. The summed E-state index contributed by atoms with van der Waals surface area (Å²) >= 11 is 1.07. The molecule has 28 heavy (non-hydrogen) atoms. The molecular formula is C19H17F3N4OS. The fourth-order valence-electron chi connectivity index (χ4n) is 2.62. The van der Waals surface area contributed by atoms with Crippen LogP contribution in [0.5, 0.6) is 0 Å². The van der Waals surface area contributed by atoms with E-state index in [-0.39, 0.29) is 35.0 Å². The maximum absolute atomic E-state index is 13.8. The molecule has 0 fully saturated rings. The average molecular weight is 406 g/mol. The number of hydrogen-bond donors (Lipinski definition) is 2. The van der Waals surface area contributed by atoms with Gasteiger partial charge in [-0.3, -0.25) is 9.89 Å². The molecule has 0 aliphatic carbocycles. The van der Waals surface area contributed by atoms with Crippen LogP contribution in [-0.4, -0.2) is 32.9 Å². The summed E-state index contributed by atoms with van der Waals surface area (Å²) in [6, 6.07) is 9.34. The number of benzene rings is 2. The van der Waals surface area contributed by atoms with Crippen molar-refractivity contribution in [3.05, 3.63) is 65.5 Å². The van der Waals surface area contributed by atoms with Crippen molar-refractivity contribution in [1.82, 2.24) is 20.5 Å². The molecule has 1 atom stereocenters. The first-order valence-electron chi connectivity index (χ1n) is 8.46. The minimum atomic E-state index is -0.642. The van der Waals surface area contributed by atoms with Gasteiger partial charge in [0.15, 0.2) is 5.82 Å². The summed E-state index contributed by atoms with van der Waals surface area (Å²) in [7, 11) is 0. The number of aromatic amines is 1. The number of nitrogens with zero attached hydrogens (tertiary/aromatic N) is 2. The van der Waals surface area contributed by atoms with Crippen molar-refractivity contribution in [2.24, 2.45) is 0 Å². The predicted octanol–water partition coefficient (Wildman–Crippen LogP) is 3.73. The van der Waals surface area contributed by atoms with E-state index in [1.807, 2.05) is 0 Å². The molecule has 0 saturated carbocycles. The first-order valence-corrected chi connectivity index (χ1v) is 9.45. The van der Waals surface area contributed by atoms with Crippen LogP contribution in [0, 0.1) is 17.5 Å². The molecular weight excluding hydrogens is 389 g/mol. The first kappa shape index (κ1) is 19.9. The van der Waals surface area contributed by atoms with E-state index in [0.717, 1.165) is 11.8 Å². The van der Waals surface area contributed by atoms with Gasteiger partial charge in [0, 0.05) is 11.6 Å². The van der Waals surface area contributed by atoms with Gasteiger partial charge in [-0.2, -0.15) is 0 Å². The van der Waals surface area contributed by atoms with Gasteiger partial charge in [-0.1, -0.05) is 30.0 Å². The second kappa shape index (κ2) is 8.92. The number of rotatable bonds is 7. The van der Waals surface area contributed by atoms with E-state index in [1.54, 1.807) is 25.1 Å². The molecule has 1 heterocycles. The van der Waals surface area contributed by atoms with E-state index in [1.165, 1.54) is 24.3 Å². The van der Waals surface area contributed by atoms with Gasteiger partial charge >= 0.3 is 0 Å². The molecule has 1 amide bonds. The lowest BCUT2D eigenvalue weighted by molar-refractivity contribution is -0.119. The molecule has 2 N–H and O–H groups in total. The lowest BCUT2D eigenvalue weighted by atomic mass is 10.1. The minimum absolute atomic E-state index is 0.0126. The second-order valence-corrected chi connectivity index (χ2v) is 7.05. The Balaban J connectivity index is 1.53. The monoisotopic (exact) mass is 406 g/mol. The summed E-state index contributed by atoms with van der Waals surface area (Å²) in [6.07, 6.45) is 0.0347. The van der Waals surface area contributed by atoms with Crippen molar-refractivity contribution in [2.75, 3.05) is 5.75 Å². The van der Waals surface area contributed by atoms with E-state index < -0.39 is 23.5 Å². The maximum Gasteiger partial charge on any atom is 0.230 e. The molecule has 1 aromatic heterocycles. The molecule has 3 aromatic rings. The zero-order chi connectivity index (χ0) is 20.1. The van der Waals surface area contributed by atoms with E-state index in [4.69, 9.17) is 0 Å². The van der Waals surface area contributed by atoms with Crippen LogP contribution in [0.15, 0.2) is 47.6 Å². The molecule has 9 heteroatoms. The Labute approximate surface area is 163 Å². The number of H-pyrrole nitrogens is 1. The summed E-state index contributed by atoms with van der Waals surface area (Å²) < 4.78 is 41.1. The van der Waals surface area contributed by atoms with Gasteiger partial charge in [0.25, 0.3) is 0 Å². The van der Waals surface area contributed by atoms with Crippen molar-refractivity contribution in [2.45, 2.75) is 24.5 Å². The fraction of sp³-hybridized carbons (Fsp3) is 0.211. The molecule has 5 nitrogen and oxygen atoms in total. The third kappa shape index (κ3) is 4.92. The Morgan fingerprint density at radius 3 is 2.50 bits per heavy atom. The number of nitrogens with one attached hydrogen (secondary N) is 2. The lowest BCUT2D eigenvalue weighted by Gasteiger charge is -2.14. The van der Waals surface area contributed by atoms with Gasteiger partial charge in [0.1, 0.15) is 17.5 Å². The third-order valence-corrected chi connectivity index (χ3v) is 4.75. The van der Waals surface area contributed by atoms with Crippen molar-refractivity contribution in [1.29, 1.82) is 0 Å². The summed E-state index contributed by atoms with van der Waals surface area (Å²) in [5, 5.41) is 9.57. The van der Waals surface area contributed by atoms with E-state index in [9.17, 15) is 18.0 Å². The van der Waals surface area contributed by atoms with Crippen molar-refractivity contribution in [3.8, 4) is 11.4 Å². The summed E-state index contributed by atoms with van der Waals surface area (Å²) in [6.45, 7) is 1.66. The highest BCUT2D eigenvalue weighted by Crippen LogP contribution is 2.21. The number of carbonyl (C=O) groups is 1. The second-order valence-electron chi connectivity index (χ2n) is 6.11. The van der Waals surface area contributed by atoms with Crippen molar-refractivity contribution in [3.63, 3.8) is 0 Å². The normalized spacial score (nSPS) is 12.0. The maximum atomic E-state index is 13.8. The van der Waals surface area contributed by atoms with E-state index in [0.29, 0.717) is 5.16 Å². The molecule has 0 spiro atoms. The number of amides is 1. The Bertz CT molecular complexity index is 959. The Hall–Kier alpha value is -2.81. The van der Waals surface area contributed by atoms with Crippen LogP contribution in [0.4, 0.5) is 13.2 Å². The minimum Gasteiger partial charge on any atom is -0.353 e. The highest BCUT2D eigenvalue weighted by molar-refractivity contribution is 7.99. The number of hydrogen-bond acceptors (Lipinski definition) is 4. The first-order chi connectivity index (χ1) is 13.4. The van der Waals surface area contributed by atoms with E-state index in [2.05, 4.69) is 20.5 Å². The summed E-state index contributed by atoms with van der Waals surface area (Å²) in [4.78, 5) is 16.2. The van der Waals surface area contributed by atoms with Gasteiger partial charge in [0.2, 0.25) is 11.1 Å². The number of carbonyl (C=O) groups excluding carboxylic acids is 1. The molecule has 3 rings (SSSR count). The molecule has 0 bridgehead atoms. The average Bonchev–Trinajstić information content (AvgIpc) is 3.12. The van der Waals surface area contributed by atoms with Crippen LogP contribution in [0.2, 0.25) is 0 Å². The molecule has 146 valence electrons. The Kier molecular flexibility index (Phi) is 6.35. The topological polar surface area (TPSA) is 70.7 Å². The lowest BCUT2D eigenvalue weighted by Crippen LogP contribution is -2.35.